The van der Waals surface area contributed by atoms with Crippen LogP contribution in [0.3, 0.4) is 0 Å². The summed E-state index contributed by atoms with van der Waals surface area (Å²) in [7, 11) is 2.22. The quantitative estimate of drug-likeness (QED) is 0.912. The normalized spacial score (nSPS) is 24.4. The van der Waals surface area contributed by atoms with Crippen molar-refractivity contribution in [2.45, 2.75) is 52.4 Å². The van der Waals surface area contributed by atoms with E-state index in [-0.39, 0.29) is 0 Å². The summed E-state index contributed by atoms with van der Waals surface area (Å²) in [5, 5.41) is 3.50. The highest BCUT2D eigenvalue weighted by Crippen LogP contribution is 2.24. The first kappa shape index (κ1) is 15.3. The topological polar surface area (TPSA) is 31.4 Å². The van der Waals surface area contributed by atoms with E-state index in [0.717, 1.165) is 19.6 Å². The van der Waals surface area contributed by atoms with Gasteiger partial charge < -0.3 is 10.2 Å². The monoisotopic (exact) mass is 276 g/mol. The lowest BCUT2D eigenvalue weighted by Gasteiger charge is -2.44. The van der Waals surface area contributed by atoms with Gasteiger partial charge in [-0.25, -0.2) is 0 Å². The summed E-state index contributed by atoms with van der Waals surface area (Å²) in [4.78, 5) is 9.26. The number of pyridine rings is 1. The molecule has 1 fully saturated rings. The molecule has 0 saturated carbocycles. The van der Waals surface area contributed by atoms with Crippen LogP contribution < -0.4 is 10.2 Å². The Balaban J connectivity index is 2.15. The van der Waals surface area contributed by atoms with Gasteiger partial charge in [-0.3, -0.25) is 9.88 Å². The van der Waals surface area contributed by atoms with Crippen LogP contribution in [0.2, 0.25) is 0 Å². The van der Waals surface area contributed by atoms with Gasteiger partial charge in [0, 0.05) is 61.4 Å². The SMILES string of the molecule is CC(C)NCc1cnccc1N1CC(C)N(C)C(C)C1. The maximum Gasteiger partial charge on any atom is 0.0443 e. The van der Waals surface area contributed by atoms with E-state index in [2.05, 4.69) is 60.9 Å². The minimum absolute atomic E-state index is 0.494. The number of hydrogen-bond acceptors (Lipinski definition) is 4. The molecule has 1 aliphatic heterocycles. The molecule has 112 valence electrons. The Morgan fingerprint density at radius 2 is 1.95 bits per heavy atom. The number of nitrogens with zero attached hydrogens (tertiary/aromatic N) is 3. The van der Waals surface area contributed by atoms with E-state index in [1.54, 1.807) is 0 Å². The van der Waals surface area contributed by atoms with Gasteiger partial charge in [-0.15, -0.1) is 0 Å². The molecule has 2 heterocycles. The van der Waals surface area contributed by atoms with E-state index < -0.39 is 0 Å². The molecule has 20 heavy (non-hydrogen) atoms. The first-order chi connectivity index (χ1) is 9.49. The summed E-state index contributed by atoms with van der Waals surface area (Å²) in [6, 6.07) is 3.81. The molecule has 4 heteroatoms. The van der Waals surface area contributed by atoms with Gasteiger partial charge in [-0.05, 0) is 27.0 Å². The van der Waals surface area contributed by atoms with Crippen LogP contribution in [-0.2, 0) is 6.54 Å². The van der Waals surface area contributed by atoms with E-state index in [4.69, 9.17) is 0 Å². The highest BCUT2D eigenvalue weighted by molar-refractivity contribution is 5.53. The third kappa shape index (κ3) is 3.49. The van der Waals surface area contributed by atoms with Crippen molar-refractivity contribution in [2.24, 2.45) is 0 Å². The van der Waals surface area contributed by atoms with Gasteiger partial charge in [-0.2, -0.15) is 0 Å². The van der Waals surface area contributed by atoms with Gasteiger partial charge >= 0.3 is 0 Å². The van der Waals surface area contributed by atoms with Gasteiger partial charge in [-0.1, -0.05) is 13.8 Å². The van der Waals surface area contributed by atoms with Crippen LogP contribution in [0.15, 0.2) is 18.5 Å². The number of likely N-dealkylation sites (N-methyl/N-ethyl adjacent to an activating group) is 1. The molecule has 1 N–H and O–H groups in total. The zero-order chi connectivity index (χ0) is 14.7. The highest BCUT2D eigenvalue weighted by Gasteiger charge is 2.27. The van der Waals surface area contributed by atoms with Crippen molar-refractivity contribution in [3.63, 3.8) is 0 Å². The molecule has 0 radical (unpaired) electrons. The molecule has 2 unspecified atom stereocenters. The van der Waals surface area contributed by atoms with Crippen molar-refractivity contribution in [3.8, 4) is 0 Å². The zero-order valence-corrected chi connectivity index (χ0v) is 13.4. The lowest BCUT2D eigenvalue weighted by atomic mass is 10.1. The highest BCUT2D eigenvalue weighted by atomic mass is 15.3. The first-order valence-corrected chi connectivity index (χ1v) is 7.62. The lowest BCUT2D eigenvalue weighted by molar-refractivity contribution is 0.170. The Hall–Kier alpha value is -1.13. The number of nitrogens with one attached hydrogen (secondary N) is 1. The minimum atomic E-state index is 0.494. The van der Waals surface area contributed by atoms with E-state index in [9.17, 15) is 0 Å². The number of piperazine rings is 1. The van der Waals surface area contributed by atoms with Gasteiger partial charge in [0.1, 0.15) is 0 Å². The molecule has 1 aliphatic rings. The van der Waals surface area contributed by atoms with E-state index in [1.807, 2.05) is 12.4 Å². The van der Waals surface area contributed by atoms with Crippen LogP contribution in [0.5, 0.6) is 0 Å². The van der Waals surface area contributed by atoms with Crippen LogP contribution >= 0.6 is 0 Å². The van der Waals surface area contributed by atoms with Gasteiger partial charge in [0.05, 0.1) is 0 Å². The molecule has 1 aromatic rings. The number of hydrogen-bond donors (Lipinski definition) is 1. The van der Waals surface area contributed by atoms with Crippen LogP contribution in [0, 0.1) is 0 Å². The average molecular weight is 276 g/mol. The Morgan fingerprint density at radius 3 is 2.55 bits per heavy atom. The van der Waals surface area contributed by atoms with Gasteiger partial charge in [0.25, 0.3) is 0 Å². The van der Waals surface area contributed by atoms with Crippen molar-refractivity contribution in [2.75, 3.05) is 25.0 Å². The fourth-order valence-corrected chi connectivity index (χ4v) is 2.78. The smallest absolute Gasteiger partial charge is 0.0443 e. The molecular formula is C16H28N4. The van der Waals surface area contributed by atoms with E-state index >= 15 is 0 Å². The first-order valence-electron chi connectivity index (χ1n) is 7.62. The van der Waals surface area contributed by atoms with Crippen LogP contribution in [-0.4, -0.2) is 48.1 Å². The van der Waals surface area contributed by atoms with E-state index in [0.29, 0.717) is 18.1 Å². The fourth-order valence-electron chi connectivity index (χ4n) is 2.78. The van der Waals surface area contributed by atoms with Crippen LogP contribution in [0.4, 0.5) is 5.69 Å². The second-order valence-corrected chi connectivity index (χ2v) is 6.31. The van der Waals surface area contributed by atoms with E-state index in [1.165, 1.54) is 11.3 Å². The average Bonchev–Trinajstić information content (AvgIpc) is 2.42. The molecule has 2 rings (SSSR count). The van der Waals surface area contributed by atoms with Crippen molar-refractivity contribution >= 4 is 5.69 Å². The number of anilines is 1. The maximum atomic E-state index is 4.29. The molecule has 0 aliphatic carbocycles. The second kappa shape index (κ2) is 6.55. The standard InChI is InChI=1S/C16H28N4/c1-12(2)18-9-15-8-17-7-6-16(15)20-10-13(3)19(5)14(4)11-20/h6-8,12-14,18H,9-11H2,1-5H3. The van der Waals surface area contributed by atoms with Crippen molar-refractivity contribution < 1.29 is 0 Å². The molecule has 4 nitrogen and oxygen atoms in total. The number of aromatic nitrogens is 1. The molecular weight excluding hydrogens is 248 g/mol. The molecule has 0 amide bonds. The van der Waals surface area contributed by atoms with Crippen LogP contribution in [0.25, 0.3) is 0 Å². The third-order valence-corrected chi connectivity index (χ3v) is 4.28. The Bertz CT molecular complexity index is 420. The zero-order valence-electron chi connectivity index (χ0n) is 13.4. The van der Waals surface area contributed by atoms with Gasteiger partial charge in [0.2, 0.25) is 0 Å². The fraction of sp³-hybridized carbons (Fsp3) is 0.688. The lowest BCUT2D eigenvalue weighted by Crippen LogP contribution is -2.55. The Labute approximate surface area is 123 Å². The molecule has 0 bridgehead atoms. The summed E-state index contributed by atoms with van der Waals surface area (Å²) in [5.41, 5.74) is 2.63. The van der Waals surface area contributed by atoms with Crippen molar-refractivity contribution in [1.29, 1.82) is 0 Å². The predicted molar refractivity (Wildman–Crippen MR) is 85.1 cm³/mol. The Kier molecular flexibility index (Phi) is 5.00. The molecule has 1 aromatic heterocycles. The summed E-state index contributed by atoms with van der Waals surface area (Å²) in [5.74, 6) is 0. The second-order valence-electron chi connectivity index (χ2n) is 6.31. The largest absolute Gasteiger partial charge is 0.368 e. The van der Waals surface area contributed by atoms with Crippen LogP contribution in [0.1, 0.15) is 33.3 Å². The summed E-state index contributed by atoms with van der Waals surface area (Å²) in [6.45, 7) is 12.0. The number of rotatable bonds is 4. The Morgan fingerprint density at radius 1 is 1.30 bits per heavy atom. The summed E-state index contributed by atoms with van der Waals surface area (Å²) < 4.78 is 0. The van der Waals surface area contributed by atoms with Crippen molar-refractivity contribution in [1.82, 2.24) is 15.2 Å². The molecule has 0 aromatic carbocycles. The molecule has 0 spiro atoms. The minimum Gasteiger partial charge on any atom is -0.368 e. The predicted octanol–water partition coefficient (Wildman–Crippen LogP) is 2.11. The maximum absolute atomic E-state index is 4.29. The molecule has 2 atom stereocenters. The summed E-state index contributed by atoms with van der Waals surface area (Å²) in [6.07, 6.45) is 3.90. The molecule has 1 saturated heterocycles. The van der Waals surface area contributed by atoms with Crippen molar-refractivity contribution in [3.05, 3.63) is 24.0 Å². The third-order valence-electron chi connectivity index (χ3n) is 4.28. The summed E-state index contributed by atoms with van der Waals surface area (Å²) >= 11 is 0. The van der Waals surface area contributed by atoms with Gasteiger partial charge in [0.15, 0.2) is 0 Å².